The average Bonchev–Trinajstić information content (AvgIpc) is 3.21. The summed E-state index contributed by atoms with van der Waals surface area (Å²) in [5.74, 6) is 1.43. The summed E-state index contributed by atoms with van der Waals surface area (Å²) in [6.45, 7) is 3.55. The van der Waals surface area contributed by atoms with Gasteiger partial charge in [0.15, 0.2) is 0 Å². The molecule has 0 aliphatic heterocycles. The van der Waals surface area contributed by atoms with Crippen molar-refractivity contribution in [1.82, 2.24) is 9.78 Å². The summed E-state index contributed by atoms with van der Waals surface area (Å²) in [6, 6.07) is 12.6. The number of halogens is 3. The molecule has 0 amide bonds. The van der Waals surface area contributed by atoms with Crippen molar-refractivity contribution >= 4 is 40.6 Å². The molecule has 0 spiro atoms. The molecule has 0 fully saturated rings. The molecule has 0 unspecified atom stereocenters. The maximum absolute atomic E-state index is 12.5. The molecule has 3 rings (SSSR count). The zero-order valence-electron chi connectivity index (χ0n) is 20.9. The van der Waals surface area contributed by atoms with Crippen molar-refractivity contribution in [2.75, 3.05) is 11.9 Å². The summed E-state index contributed by atoms with van der Waals surface area (Å²) in [5, 5.41) is 7.21. The van der Waals surface area contributed by atoms with Gasteiger partial charge in [-0.25, -0.2) is 4.68 Å². The van der Waals surface area contributed by atoms with Gasteiger partial charge >= 0.3 is 0 Å². The highest BCUT2D eigenvalue weighted by atomic mass is 35.5. The Kier molecular flexibility index (Phi) is 12.1. The molecule has 3 aromatic rings. The normalized spacial score (nSPS) is 11.1. The maximum Gasteiger partial charge on any atom is 0.273 e. The Morgan fingerprint density at radius 1 is 0.833 bits per heavy atom. The lowest BCUT2D eigenvalue weighted by Gasteiger charge is -2.09. The third-order valence-electron chi connectivity index (χ3n) is 6.10. The second-order valence-corrected chi connectivity index (χ2v) is 10.3. The molecule has 0 saturated heterocycles. The van der Waals surface area contributed by atoms with Crippen LogP contribution in [-0.2, 0) is 6.54 Å². The van der Waals surface area contributed by atoms with Crippen molar-refractivity contribution in [2.24, 2.45) is 0 Å². The van der Waals surface area contributed by atoms with Gasteiger partial charge in [0.05, 0.1) is 16.7 Å². The number of aromatic nitrogens is 2. The van der Waals surface area contributed by atoms with Gasteiger partial charge < -0.3 is 10.1 Å². The summed E-state index contributed by atoms with van der Waals surface area (Å²) in [5.41, 5.74) is 1.15. The molecule has 36 heavy (non-hydrogen) atoms. The van der Waals surface area contributed by atoms with Gasteiger partial charge in [-0.2, -0.15) is 0 Å². The van der Waals surface area contributed by atoms with Gasteiger partial charge in [-0.15, -0.1) is 0 Å². The van der Waals surface area contributed by atoms with Crippen molar-refractivity contribution in [3.8, 4) is 11.4 Å². The van der Waals surface area contributed by atoms with E-state index >= 15 is 0 Å². The third-order valence-corrected chi connectivity index (χ3v) is 6.89. The first kappa shape index (κ1) is 28.5. The molecule has 2 N–H and O–H groups in total. The van der Waals surface area contributed by atoms with Crippen LogP contribution < -0.4 is 15.6 Å². The van der Waals surface area contributed by atoms with Gasteiger partial charge in [-0.3, -0.25) is 9.89 Å². The lowest BCUT2D eigenvalue weighted by Crippen LogP contribution is -2.14. The number of anilines is 1. The fourth-order valence-electron chi connectivity index (χ4n) is 4.08. The minimum Gasteiger partial charge on any atom is -0.494 e. The van der Waals surface area contributed by atoms with Gasteiger partial charge in [0.1, 0.15) is 17.3 Å². The van der Waals surface area contributed by atoms with Crippen LogP contribution in [0.1, 0.15) is 76.7 Å². The van der Waals surface area contributed by atoms with Gasteiger partial charge in [-0.05, 0) is 36.2 Å². The molecule has 8 heteroatoms. The van der Waals surface area contributed by atoms with Crippen molar-refractivity contribution in [3.05, 3.63) is 73.4 Å². The molecular weight excluding hydrogens is 517 g/mol. The third kappa shape index (κ3) is 9.10. The molecular formula is C28H36Cl3N3O2. The van der Waals surface area contributed by atoms with E-state index in [2.05, 4.69) is 17.3 Å². The van der Waals surface area contributed by atoms with Crippen LogP contribution in [0.25, 0.3) is 5.69 Å². The van der Waals surface area contributed by atoms with Gasteiger partial charge in [0.25, 0.3) is 5.56 Å². The summed E-state index contributed by atoms with van der Waals surface area (Å²) in [6.07, 6.45) is 13.2. The number of rotatable bonds is 16. The highest BCUT2D eigenvalue weighted by Crippen LogP contribution is 2.31. The Bertz CT molecular complexity index is 1100. The van der Waals surface area contributed by atoms with E-state index in [0.717, 1.165) is 24.3 Å². The highest BCUT2D eigenvalue weighted by Gasteiger charge is 2.14. The topological polar surface area (TPSA) is 59.0 Å². The number of H-pyrrole nitrogens is 1. The average molecular weight is 553 g/mol. The Hall–Kier alpha value is -2.08. The van der Waals surface area contributed by atoms with Gasteiger partial charge in [-0.1, -0.05) is 112 Å². The number of nitrogens with zero attached hydrogens (tertiary/aromatic N) is 1. The van der Waals surface area contributed by atoms with E-state index in [0.29, 0.717) is 23.1 Å². The van der Waals surface area contributed by atoms with Crippen LogP contribution in [-0.4, -0.2) is 16.4 Å². The largest absolute Gasteiger partial charge is 0.494 e. The zero-order valence-corrected chi connectivity index (χ0v) is 23.2. The standard InChI is InChI=1S/C28H36Cl3N3O2/c1-2-3-4-5-6-7-8-9-10-11-16-36-23-14-12-21(13-15-23)20-32-26-19-27(35)34(33-26)28-24(30)17-22(29)18-25(28)31/h12-15,17-19,32-33H,2-11,16,20H2,1H3. The van der Waals surface area contributed by atoms with E-state index in [4.69, 9.17) is 39.5 Å². The minimum atomic E-state index is -0.278. The fourth-order valence-corrected chi connectivity index (χ4v) is 5.07. The lowest BCUT2D eigenvalue weighted by atomic mass is 10.1. The Morgan fingerprint density at radius 3 is 2.03 bits per heavy atom. The molecule has 0 aliphatic rings. The quantitative estimate of drug-likeness (QED) is 0.174. The van der Waals surface area contributed by atoms with E-state index in [1.807, 2.05) is 24.3 Å². The lowest BCUT2D eigenvalue weighted by molar-refractivity contribution is 0.304. The first-order chi connectivity index (χ1) is 17.5. The van der Waals surface area contributed by atoms with Crippen LogP contribution in [0.2, 0.25) is 15.1 Å². The second-order valence-electron chi connectivity index (χ2n) is 9.09. The molecule has 5 nitrogen and oxygen atoms in total. The smallest absolute Gasteiger partial charge is 0.273 e. The van der Waals surface area contributed by atoms with Crippen LogP contribution in [0.4, 0.5) is 5.82 Å². The van der Waals surface area contributed by atoms with E-state index < -0.39 is 0 Å². The van der Waals surface area contributed by atoms with E-state index in [-0.39, 0.29) is 15.6 Å². The summed E-state index contributed by atoms with van der Waals surface area (Å²) in [4.78, 5) is 12.5. The summed E-state index contributed by atoms with van der Waals surface area (Å²) >= 11 is 18.5. The number of nitrogens with one attached hydrogen (secondary N) is 2. The van der Waals surface area contributed by atoms with Crippen LogP contribution in [0, 0.1) is 0 Å². The molecule has 0 bridgehead atoms. The molecule has 2 aromatic carbocycles. The van der Waals surface area contributed by atoms with Crippen molar-refractivity contribution in [1.29, 1.82) is 0 Å². The first-order valence-electron chi connectivity index (χ1n) is 12.9. The van der Waals surface area contributed by atoms with Crippen LogP contribution >= 0.6 is 34.8 Å². The monoisotopic (exact) mass is 551 g/mol. The van der Waals surface area contributed by atoms with Crippen LogP contribution in [0.5, 0.6) is 5.75 Å². The summed E-state index contributed by atoms with van der Waals surface area (Å²) in [7, 11) is 0. The first-order valence-corrected chi connectivity index (χ1v) is 14.0. The number of unbranched alkanes of at least 4 members (excludes halogenated alkanes) is 9. The van der Waals surface area contributed by atoms with Crippen LogP contribution in [0.15, 0.2) is 47.3 Å². The number of hydrogen-bond donors (Lipinski definition) is 2. The molecule has 0 radical (unpaired) electrons. The molecule has 0 atom stereocenters. The molecule has 1 aromatic heterocycles. The van der Waals surface area contributed by atoms with Crippen LogP contribution in [0.3, 0.4) is 0 Å². The van der Waals surface area contributed by atoms with Gasteiger partial charge in [0, 0.05) is 17.6 Å². The van der Waals surface area contributed by atoms with Crippen molar-refractivity contribution in [2.45, 2.75) is 77.7 Å². The Labute approximate surface area is 229 Å². The molecule has 196 valence electrons. The predicted octanol–water partition coefficient (Wildman–Crippen LogP) is 9.04. The maximum atomic E-state index is 12.5. The van der Waals surface area contributed by atoms with Crippen molar-refractivity contribution < 1.29 is 4.74 Å². The highest BCUT2D eigenvalue weighted by molar-refractivity contribution is 6.40. The van der Waals surface area contributed by atoms with E-state index in [9.17, 15) is 4.79 Å². The zero-order chi connectivity index (χ0) is 25.8. The molecule has 1 heterocycles. The Morgan fingerprint density at radius 2 is 1.42 bits per heavy atom. The number of hydrogen-bond acceptors (Lipinski definition) is 3. The minimum absolute atomic E-state index is 0.278. The number of aromatic amines is 1. The number of ether oxygens (including phenoxy) is 1. The molecule has 0 saturated carbocycles. The fraction of sp³-hybridized carbons (Fsp3) is 0.464. The Balaban J connectivity index is 1.37. The van der Waals surface area contributed by atoms with E-state index in [1.165, 1.54) is 68.5 Å². The second kappa shape index (κ2) is 15.2. The van der Waals surface area contributed by atoms with Gasteiger partial charge in [0.2, 0.25) is 0 Å². The van der Waals surface area contributed by atoms with Crippen molar-refractivity contribution in [3.63, 3.8) is 0 Å². The SMILES string of the molecule is CCCCCCCCCCCCOc1ccc(CNc2cc(=O)n(-c3c(Cl)cc(Cl)cc3Cl)[nH]2)cc1. The molecule has 0 aliphatic carbocycles. The number of benzene rings is 2. The predicted molar refractivity (Wildman–Crippen MR) is 153 cm³/mol. The summed E-state index contributed by atoms with van der Waals surface area (Å²) < 4.78 is 7.19. The van der Waals surface area contributed by atoms with E-state index in [1.54, 1.807) is 12.1 Å².